The molecular formula is C8H6BrF2NO3. The smallest absolute Gasteiger partial charge is 0.340 e. The van der Waals surface area contributed by atoms with Gasteiger partial charge in [0.15, 0.2) is 0 Å². The number of aromatic amines is 1. The molecular weight excluding hydrogens is 276 g/mol. The van der Waals surface area contributed by atoms with E-state index in [4.69, 9.17) is 0 Å². The maximum Gasteiger partial charge on any atom is 0.340 e. The van der Waals surface area contributed by atoms with E-state index in [0.717, 1.165) is 13.2 Å². The van der Waals surface area contributed by atoms with Crippen molar-refractivity contribution in [3.63, 3.8) is 0 Å². The minimum Gasteiger partial charge on any atom is -0.465 e. The molecule has 82 valence electrons. The van der Waals surface area contributed by atoms with Crippen molar-refractivity contribution in [3.05, 3.63) is 32.2 Å². The fourth-order valence-corrected chi connectivity index (χ4v) is 1.40. The monoisotopic (exact) mass is 281 g/mol. The van der Waals surface area contributed by atoms with Gasteiger partial charge in [-0.25, -0.2) is 13.6 Å². The number of methoxy groups -OCH3 is 1. The molecule has 1 rings (SSSR count). The first kappa shape index (κ1) is 11.8. The summed E-state index contributed by atoms with van der Waals surface area (Å²) in [5.41, 5.74) is -1.85. The van der Waals surface area contributed by atoms with Crippen LogP contribution in [0.5, 0.6) is 0 Å². The Morgan fingerprint density at radius 2 is 2.20 bits per heavy atom. The first-order chi connectivity index (χ1) is 6.97. The van der Waals surface area contributed by atoms with E-state index in [9.17, 15) is 18.4 Å². The first-order valence-electron chi connectivity index (χ1n) is 3.76. The fourth-order valence-electron chi connectivity index (χ4n) is 0.944. The molecule has 7 heteroatoms. The topological polar surface area (TPSA) is 59.2 Å². The Kier molecular flexibility index (Phi) is 3.57. The number of esters is 1. The van der Waals surface area contributed by atoms with Gasteiger partial charge in [0.1, 0.15) is 0 Å². The second kappa shape index (κ2) is 4.52. The highest BCUT2D eigenvalue weighted by atomic mass is 79.9. The summed E-state index contributed by atoms with van der Waals surface area (Å²) in [4.78, 5) is 24.2. The van der Waals surface area contributed by atoms with E-state index < -0.39 is 23.5 Å². The van der Waals surface area contributed by atoms with Gasteiger partial charge in [-0.1, -0.05) is 0 Å². The molecule has 0 atom stereocenters. The molecule has 15 heavy (non-hydrogen) atoms. The minimum atomic E-state index is -2.94. The van der Waals surface area contributed by atoms with Crippen LogP contribution in [0.4, 0.5) is 8.78 Å². The number of hydrogen-bond acceptors (Lipinski definition) is 3. The summed E-state index contributed by atoms with van der Waals surface area (Å²) in [5, 5.41) is 0. The largest absolute Gasteiger partial charge is 0.465 e. The number of hydrogen-bond donors (Lipinski definition) is 1. The Labute approximate surface area is 91.4 Å². The van der Waals surface area contributed by atoms with Crippen molar-refractivity contribution in [2.24, 2.45) is 0 Å². The number of halogens is 3. The number of carbonyl (C=O) groups is 1. The van der Waals surface area contributed by atoms with Crippen molar-refractivity contribution in [1.82, 2.24) is 4.98 Å². The number of H-pyrrole nitrogens is 1. The number of nitrogens with one attached hydrogen (secondary N) is 1. The van der Waals surface area contributed by atoms with Gasteiger partial charge in [0.25, 0.3) is 12.0 Å². The van der Waals surface area contributed by atoms with Crippen LogP contribution in [0.15, 0.2) is 15.5 Å². The summed E-state index contributed by atoms with van der Waals surface area (Å²) >= 11 is 2.87. The first-order valence-corrected chi connectivity index (χ1v) is 4.56. The molecule has 0 amide bonds. The van der Waals surface area contributed by atoms with E-state index in [0.29, 0.717) is 0 Å². The molecule has 4 nitrogen and oxygen atoms in total. The third-order valence-electron chi connectivity index (χ3n) is 1.66. The molecule has 1 aromatic heterocycles. The number of rotatable bonds is 2. The van der Waals surface area contributed by atoms with Gasteiger partial charge < -0.3 is 9.72 Å². The van der Waals surface area contributed by atoms with Crippen LogP contribution in [-0.4, -0.2) is 18.1 Å². The van der Waals surface area contributed by atoms with E-state index in [1.54, 1.807) is 0 Å². The van der Waals surface area contributed by atoms with Gasteiger partial charge in [0, 0.05) is 0 Å². The zero-order chi connectivity index (χ0) is 11.6. The maximum absolute atomic E-state index is 12.3. The molecule has 0 spiro atoms. The minimum absolute atomic E-state index is 0.0174. The van der Waals surface area contributed by atoms with Gasteiger partial charge in [-0.05, 0) is 22.0 Å². The molecule has 0 radical (unpaired) electrons. The summed E-state index contributed by atoms with van der Waals surface area (Å²) in [6.07, 6.45) is -2.94. The van der Waals surface area contributed by atoms with Crippen molar-refractivity contribution < 1.29 is 18.3 Å². The van der Waals surface area contributed by atoms with Crippen LogP contribution in [0.25, 0.3) is 0 Å². The number of carbonyl (C=O) groups excluding carboxylic acids is 1. The van der Waals surface area contributed by atoms with E-state index in [-0.39, 0.29) is 10.2 Å². The number of ether oxygens (including phenoxy) is 1. The predicted molar refractivity (Wildman–Crippen MR) is 51.1 cm³/mol. The summed E-state index contributed by atoms with van der Waals surface area (Å²) in [6, 6.07) is 0.805. The van der Waals surface area contributed by atoms with Crippen LogP contribution >= 0.6 is 15.9 Å². The summed E-state index contributed by atoms with van der Waals surface area (Å²) in [6.45, 7) is 0. The number of aromatic nitrogens is 1. The Hall–Kier alpha value is -1.24. The van der Waals surface area contributed by atoms with Gasteiger partial charge in [0.05, 0.1) is 22.8 Å². The zero-order valence-electron chi connectivity index (χ0n) is 7.51. The summed E-state index contributed by atoms with van der Waals surface area (Å²) in [5.74, 6) is -0.806. The molecule has 0 bridgehead atoms. The molecule has 0 unspecified atom stereocenters. The van der Waals surface area contributed by atoms with Gasteiger partial charge in [0.2, 0.25) is 0 Å². The molecule has 1 aromatic rings. The highest BCUT2D eigenvalue weighted by Crippen LogP contribution is 2.20. The Morgan fingerprint density at radius 3 is 2.67 bits per heavy atom. The van der Waals surface area contributed by atoms with Crippen LogP contribution in [0, 0.1) is 0 Å². The molecule has 0 saturated carbocycles. The van der Waals surface area contributed by atoms with E-state index in [1.165, 1.54) is 0 Å². The SMILES string of the molecule is COC(=O)c1cc(C(F)F)c(=O)[nH]c1Br. The fraction of sp³-hybridized carbons (Fsp3) is 0.250. The predicted octanol–water partition coefficient (Wildman–Crippen LogP) is 1.86. The van der Waals surface area contributed by atoms with Gasteiger partial charge in [-0.3, -0.25) is 4.79 Å². The lowest BCUT2D eigenvalue weighted by Gasteiger charge is -2.04. The molecule has 0 aliphatic rings. The van der Waals surface area contributed by atoms with E-state index in [2.05, 4.69) is 25.7 Å². The van der Waals surface area contributed by atoms with Crippen LogP contribution in [0.2, 0.25) is 0 Å². The Bertz CT molecular complexity index is 444. The summed E-state index contributed by atoms with van der Waals surface area (Å²) in [7, 11) is 1.11. The van der Waals surface area contributed by atoms with Gasteiger partial charge >= 0.3 is 5.97 Å². The van der Waals surface area contributed by atoms with Crippen molar-refractivity contribution in [2.75, 3.05) is 7.11 Å². The molecule has 1 N–H and O–H groups in total. The third kappa shape index (κ3) is 2.41. The van der Waals surface area contributed by atoms with Crippen LogP contribution < -0.4 is 5.56 Å². The van der Waals surface area contributed by atoms with Crippen molar-refractivity contribution >= 4 is 21.9 Å². The normalized spacial score (nSPS) is 10.5. The van der Waals surface area contributed by atoms with E-state index >= 15 is 0 Å². The lowest BCUT2D eigenvalue weighted by Crippen LogP contribution is -2.17. The van der Waals surface area contributed by atoms with Crippen LogP contribution in [0.1, 0.15) is 22.3 Å². The van der Waals surface area contributed by atoms with E-state index in [1.807, 2.05) is 0 Å². The highest BCUT2D eigenvalue weighted by molar-refractivity contribution is 9.10. The molecule has 0 aromatic carbocycles. The average molecular weight is 282 g/mol. The molecule has 0 aliphatic carbocycles. The standard InChI is InChI=1S/C8H6BrF2NO3/c1-15-8(14)3-2-4(6(10)11)7(13)12-5(3)9/h2,6H,1H3,(H,12,13). The van der Waals surface area contributed by atoms with Gasteiger partial charge in [-0.2, -0.15) is 0 Å². The zero-order valence-corrected chi connectivity index (χ0v) is 9.10. The lowest BCUT2D eigenvalue weighted by molar-refractivity contribution is 0.0598. The maximum atomic E-state index is 12.3. The van der Waals surface area contributed by atoms with Crippen molar-refractivity contribution in [3.8, 4) is 0 Å². The summed E-state index contributed by atoms with van der Waals surface area (Å²) < 4.78 is 29.0. The second-order valence-corrected chi connectivity index (χ2v) is 3.37. The van der Waals surface area contributed by atoms with Gasteiger partial charge in [-0.15, -0.1) is 0 Å². The highest BCUT2D eigenvalue weighted by Gasteiger charge is 2.19. The Balaban J connectivity index is 3.36. The molecule has 0 aliphatic heterocycles. The molecule has 1 heterocycles. The third-order valence-corrected chi connectivity index (χ3v) is 2.29. The number of alkyl halides is 2. The quantitative estimate of drug-likeness (QED) is 0.665. The molecule has 0 saturated heterocycles. The van der Waals surface area contributed by atoms with Crippen molar-refractivity contribution in [1.29, 1.82) is 0 Å². The second-order valence-electron chi connectivity index (χ2n) is 2.57. The number of pyridine rings is 1. The molecule has 0 fully saturated rings. The van der Waals surface area contributed by atoms with Crippen molar-refractivity contribution in [2.45, 2.75) is 6.43 Å². The average Bonchev–Trinajstić information content (AvgIpc) is 2.16. The van der Waals surface area contributed by atoms with Crippen LogP contribution in [-0.2, 0) is 4.74 Å². The Morgan fingerprint density at radius 1 is 1.60 bits per heavy atom. The van der Waals surface area contributed by atoms with Crippen LogP contribution in [0.3, 0.4) is 0 Å². The lowest BCUT2D eigenvalue weighted by atomic mass is 10.2.